The summed E-state index contributed by atoms with van der Waals surface area (Å²) < 4.78 is 26.1. The Labute approximate surface area is 170 Å². The molecule has 3 aliphatic rings. The maximum Gasteiger partial charge on any atom is 0.186 e. The summed E-state index contributed by atoms with van der Waals surface area (Å²) in [5, 5.41) is 88.4. The Hall–Kier alpha value is -0.560. The molecule has 0 aromatic rings. The first-order valence-electron chi connectivity index (χ1n) is 9.40. The molecule has 0 amide bonds. The third-order valence-corrected chi connectivity index (χ3v) is 5.33. The van der Waals surface area contributed by atoms with Crippen LogP contribution in [0, 0.1) is 0 Å². The Morgan fingerprint density at radius 3 is 1.93 bits per heavy atom. The van der Waals surface area contributed by atoms with E-state index in [-0.39, 0.29) is 13.2 Å². The minimum atomic E-state index is -1.76. The molecule has 30 heavy (non-hydrogen) atoms. The van der Waals surface area contributed by atoms with Crippen LogP contribution < -0.4 is 0 Å². The van der Waals surface area contributed by atoms with Crippen LogP contribution >= 0.6 is 0 Å². The average molecular weight is 444 g/mol. The van der Waals surface area contributed by atoms with E-state index in [0.717, 1.165) is 0 Å². The summed E-state index contributed by atoms with van der Waals surface area (Å²) >= 11 is 0. The molecule has 3 rings (SSSR count). The van der Waals surface area contributed by atoms with Gasteiger partial charge in [-0.1, -0.05) is 0 Å². The lowest BCUT2D eigenvalue weighted by atomic mass is 9.98. The largest absolute Gasteiger partial charge is 0.394 e. The van der Waals surface area contributed by atoms with Gasteiger partial charge in [0.2, 0.25) is 0 Å². The van der Waals surface area contributed by atoms with Crippen LogP contribution in [-0.4, -0.2) is 146 Å². The van der Waals surface area contributed by atoms with Gasteiger partial charge < -0.3 is 69.6 Å². The zero-order valence-corrected chi connectivity index (χ0v) is 15.7. The van der Waals surface area contributed by atoms with Crippen molar-refractivity contribution in [3.63, 3.8) is 0 Å². The van der Waals surface area contributed by atoms with Crippen LogP contribution in [-0.2, 0) is 23.7 Å². The van der Waals surface area contributed by atoms with Gasteiger partial charge in [-0.25, -0.2) is 0 Å². The van der Waals surface area contributed by atoms with E-state index in [0.29, 0.717) is 0 Å². The molecule has 0 spiro atoms. The van der Waals surface area contributed by atoms with Gasteiger partial charge in [0.05, 0.1) is 19.8 Å². The summed E-state index contributed by atoms with van der Waals surface area (Å²) in [4.78, 5) is 0. The highest BCUT2D eigenvalue weighted by Gasteiger charge is 2.49. The van der Waals surface area contributed by atoms with Gasteiger partial charge in [-0.2, -0.15) is 0 Å². The zero-order chi connectivity index (χ0) is 22.2. The molecule has 0 radical (unpaired) electrons. The molecule has 3 saturated heterocycles. The molecule has 3 heterocycles. The highest BCUT2D eigenvalue weighted by molar-refractivity contribution is 4.92. The molecule has 0 bridgehead atoms. The minimum absolute atomic E-state index is 0.322. The molecule has 13 atom stereocenters. The Balaban J connectivity index is 1.59. The SMILES string of the molecule is OC[C@H]1OC(O)[C@H](O)[C@@H](O)[C@@H]1O[C@@H]1OC[C@@H](O[C@@H]2OC[C@@H](O)[C@H](O)[C@H]2O)[C@H](O)[C@H]1O. The van der Waals surface area contributed by atoms with Crippen molar-refractivity contribution in [3.05, 3.63) is 0 Å². The number of ether oxygens (including phenoxy) is 5. The first-order chi connectivity index (χ1) is 14.1. The van der Waals surface area contributed by atoms with E-state index in [1.807, 2.05) is 0 Å². The fraction of sp³-hybridized carbons (Fsp3) is 1.00. The Kier molecular flexibility index (Phi) is 7.97. The normalized spacial score (nSPS) is 52.9. The summed E-state index contributed by atoms with van der Waals surface area (Å²) in [6.45, 7) is -1.38. The van der Waals surface area contributed by atoms with Crippen molar-refractivity contribution in [1.82, 2.24) is 0 Å². The number of aliphatic hydroxyl groups is 9. The van der Waals surface area contributed by atoms with E-state index in [2.05, 4.69) is 0 Å². The van der Waals surface area contributed by atoms with Gasteiger partial charge in [0.1, 0.15) is 61.0 Å². The van der Waals surface area contributed by atoms with Crippen LogP contribution in [0.25, 0.3) is 0 Å². The second-order valence-electron chi connectivity index (χ2n) is 7.44. The molecular weight excluding hydrogens is 416 g/mol. The van der Waals surface area contributed by atoms with E-state index >= 15 is 0 Å². The molecular formula is C16H28O14. The third kappa shape index (κ3) is 4.77. The topological polar surface area (TPSA) is 228 Å². The predicted octanol–water partition coefficient (Wildman–Crippen LogP) is -6.29. The molecule has 0 aromatic heterocycles. The quantitative estimate of drug-likeness (QED) is 0.192. The van der Waals surface area contributed by atoms with Crippen molar-refractivity contribution in [1.29, 1.82) is 0 Å². The highest BCUT2D eigenvalue weighted by Crippen LogP contribution is 2.28. The van der Waals surface area contributed by atoms with Crippen LogP contribution in [0.1, 0.15) is 0 Å². The second-order valence-corrected chi connectivity index (χ2v) is 7.44. The van der Waals surface area contributed by atoms with Gasteiger partial charge in [0.25, 0.3) is 0 Å². The van der Waals surface area contributed by atoms with Gasteiger partial charge in [-0.05, 0) is 0 Å². The maximum atomic E-state index is 10.3. The lowest BCUT2D eigenvalue weighted by Crippen LogP contribution is -2.63. The van der Waals surface area contributed by atoms with Gasteiger partial charge in [-0.15, -0.1) is 0 Å². The van der Waals surface area contributed by atoms with Gasteiger partial charge in [0.15, 0.2) is 18.9 Å². The molecule has 0 saturated carbocycles. The van der Waals surface area contributed by atoms with Crippen LogP contribution in [0.3, 0.4) is 0 Å². The van der Waals surface area contributed by atoms with E-state index < -0.39 is 86.5 Å². The summed E-state index contributed by atoms with van der Waals surface area (Å²) in [7, 11) is 0. The van der Waals surface area contributed by atoms with Crippen LogP contribution in [0.5, 0.6) is 0 Å². The highest BCUT2D eigenvalue weighted by atomic mass is 16.7. The second kappa shape index (κ2) is 9.93. The number of rotatable bonds is 5. The Morgan fingerprint density at radius 2 is 1.27 bits per heavy atom. The number of hydrogen-bond acceptors (Lipinski definition) is 14. The van der Waals surface area contributed by atoms with E-state index in [9.17, 15) is 46.0 Å². The first kappa shape index (κ1) is 24.1. The van der Waals surface area contributed by atoms with Crippen molar-refractivity contribution in [2.75, 3.05) is 19.8 Å². The minimum Gasteiger partial charge on any atom is -0.394 e. The standard InChI is InChI=1S/C16H28O14/c17-1-5-13(9(21)10(22)14(25)28-5)30-16-12(24)8(20)6(3-27-16)29-15-11(23)7(19)4(18)2-26-15/h4-25H,1-3H2/t4-,5-,6-,7+,8+,9-,10-,11-,12-,13-,14?,15+,16+/m1/s1. The molecule has 3 aliphatic heterocycles. The van der Waals surface area contributed by atoms with E-state index in [1.54, 1.807) is 0 Å². The fourth-order valence-corrected chi connectivity index (χ4v) is 3.47. The number of hydrogen-bond donors (Lipinski definition) is 9. The molecule has 1 unspecified atom stereocenters. The lowest BCUT2D eigenvalue weighted by Gasteiger charge is -2.45. The zero-order valence-electron chi connectivity index (χ0n) is 15.7. The molecule has 14 nitrogen and oxygen atoms in total. The van der Waals surface area contributed by atoms with Crippen molar-refractivity contribution in [2.24, 2.45) is 0 Å². The molecule has 9 N–H and O–H groups in total. The molecule has 3 fully saturated rings. The third-order valence-electron chi connectivity index (χ3n) is 5.33. The van der Waals surface area contributed by atoms with Gasteiger partial charge >= 0.3 is 0 Å². The summed E-state index contributed by atoms with van der Waals surface area (Å²) in [6, 6.07) is 0. The van der Waals surface area contributed by atoms with Crippen LogP contribution in [0.4, 0.5) is 0 Å². The number of aliphatic hydroxyl groups excluding tert-OH is 9. The van der Waals surface area contributed by atoms with E-state index in [1.165, 1.54) is 0 Å². The van der Waals surface area contributed by atoms with Crippen molar-refractivity contribution in [2.45, 2.75) is 79.9 Å². The smallest absolute Gasteiger partial charge is 0.186 e. The maximum absolute atomic E-state index is 10.3. The predicted molar refractivity (Wildman–Crippen MR) is 89.2 cm³/mol. The Bertz CT molecular complexity index is 550. The van der Waals surface area contributed by atoms with Crippen molar-refractivity contribution >= 4 is 0 Å². The average Bonchev–Trinajstić information content (AvgIpc) is 2.73. The van der Waals surface area contributed by atoms with Crippen LogP contribution in [0.15, 0.2) is 0 Å². The Morgan fingerprint density at radius 1 is 0.667 bits per heavy atom. The van der Waals surface area contributed by atoms with Crippen molar-refractivity contribution < 1.29 is 69.6 Å². The molecule has 14 heteroatoms. The first-order valence-corrected chi connectivity index (χ1v) is 9.40. The summed E-state index contributed by atoms with van der Waals surface area (Å²) in [5.41, 5.74) is 0. The van der Waals surface area contributed by atoms with Gasteiger partial charge in [0, 0.05) is 0 Å². The molecule has 0 aromatic carbocycles. The van der Waals surface area contributed by atoms with Crippen LogP contribution in [0.2, 0.25) is 0 Å². The summed E-state index contributed by atoms with van der Waals surface area (Å²) in [6.07, 6.45) is -19.8. The monoisotopic (exact) mass is 444 g/mol. The molecule has 176 valence electrons. The fourth-order valence-electron chi connectivity index (χ4n) is 3.47. The summed E-state index contributed by atoms with van der Waals surface area (Å²) in [5.74, 6) is 0. The van der Waals surface area contributed by atoms with E-state index in [4.69, 9.17) is 23.7 Å². The molecule has 0 aliphatic carbocycles. The van der Waals surface area contributed by atoms with Crippen molar-refractivity contribution in [3.8, 4) is 0 Å². The van der Waals surface area contributed by atoms with Gasteiger partial charge in [-0.3, -0.25) is 0 Å². The lowest BCUT2D eigenvalue weighted by molar-refractivity contribution is -0.357.